The van der Waals surface area contributed by atoms with Crippen molar-refractivity contribution in [3.63, 3.8) is 0 Å². The minimum absolute atomic E-state index is 0.0263. The number of ether oxygens (including phenoxy) is 1. The SMILES string of the molecule is Cc1nnc(SCC2=C(C(=O)O)N3C(=O)[C@H](NC(=O)c4ccc(COc5ccccc5C)o4)[C@H]3SC2)s1. The highest BCUT2D eigenvalue weighted by Crippen LogP contribution is 2.42. The second kappa shape index (κ2) is 10.6. The first kappa shape index (κ1) is 25.4. The minimum Gasteiger partial charge on any atom is -0.485 e. The number of hydrogen-bond acceptors (Lipinski definition) is 10. The lowest BCUT2D eigenvalue weighted by atomic mass is 10.0. The normalized spacial score (nSPS) is 18.9. The van der Waals surface area contributed by atoms with Crippen molar-refractivity contribution in [2.75, 3.05) is 11.5 Å². The highest BCUT2D eigenvalue weighted by Gasteiger charge is 2.54. The maximum absolute atomic E-state index is 12.9. The van der Waals surface area contributed by atoms with Gasteiger partial charge in [0.25, 0.3) is 11.8 Å². The third-order valence-electron chi connectivity index (χ3n) is 5.76. The van der Waals surface area contributed by atoms with Crippen molar-refractivity contribution >= 4 is 52.6 Å². The van der Waals surface area contributed by atoms with Crippen molar-refractivity contribution in [2.24, 2.45) is 0 Å². The van der Waals surface area contributed by atoms with Crippen LogP contribution in [0.4, 0.5) is 0 Å². The molecule has 1 saturated heterocycles. The number of hydrogen-bond donors (Lipinski definition) is 2. The summed E-state index contributed by atoms with van der Waals surface area (Å²) in [5.74, 6) is -0.138. The molecule has 0 radical (unpaired) electrons. The van der Waals surface area contributed by atoms with Crippen molar-refractivity contribution < 1.29 is 28.6 Å². The fourth-order valence-corrected chi connectivity index (χ4v) is 7.24. The van der Waals surface area contributed by atoms with Crippen LogP contribution >= 0.6 is 34.9 Å². The molecule has 4 heterocycles. The summed E-state index contributed by atoms with van der Waals surface area (Å²) in [4.78, 5) is 39.0. The van der Waals surface area contributed by atoms with E-state index in [4.69, 9.17) is 9.15 Å². The molecule has 1 aromatic carbocycles. The molecule has 2 N–H and O–H groups in total. The zero-order chi connectivity index (χ0) is 26.1. The van der Waals surface area contributed by atoms with E-state index in [0.29, 0.717) is 22.8 Å². The molecular formula is C24H22N4O6S3. The van der Waals surface area contributed by atoms with Gasteiger partial charge in [0.05, 0.1) is 0 Å². The molecule has 13 heteroatoms. The molecule has 10 nitrogen and oxygen atoms in total. The monoisotopic (exact) mass is 558 g/mol. The number of nitrogens with one attached hydrogen (secondary N) is 1. The van der Waals surface area contributed by atoms with E-state index in [0.717, 1.165) is 20.7 Å². The molecule has 2 aliphatic rings. The maximum atomic E-state index is 12.9. The predicted octanol–water partition coefficient (Wildman–Crippen LogP) is 3.47. The number of rotatable bonds is 9. The summed E-state index contributed by atoms with van der Waals surface area (Å²) in [6.07, 6.45) is 0. The van der Waals surface area contributed by atoms with E-state index in [1.54, 1.807) is 6.07 Å². The van der Waals surface area contributed by atoms with E-state index in [1.807, 2.05) is 38.1 Å². The van der Waals surface area contributed by atoms with Crippen LogP contribution in [0.1, 0.15) is 26.9 Å². The number of aromatic nitrogens is 2. The molecule has 0 aliphatic carbocycles. The number of fused-ring (bicyclic) bond motifs is 1. The topological polar surface area (TPSA) is 135 Å². The van der Waals surface area contributed by atoms with Crippen LogP contribution in [0.25, 0.3) is 0 Å². The number of para-hydroxylation sites is 1. The number of carboxylic acid groups (broad SMARTS) is 1. The summed E-state index contributed by atoms with van der Waals surface area (Å²) in [5.41, 5.74) is 1.59. The number of benzene rings is 1. The molecule has 192 valence electrons. The summed E-state index contributed by atoms with van der Waals surface area (Å²) in [6.45, 7) is 3.93. The van der Waals surface area contributed by atoms with E-state index in [9.17, 15) is 19.5 Å². The lowest BCUT2D eigenvalue weighted by molar-refractivity contribution is -0.148. The van der Waals surface area contributed by atoms with Gasteiger partial charge in [-0.05, 0) is 43.2 Å². The second-order valence-corrected chi connectivity index (χ2v) is 11.8. The van der Waals surface area contributed by atoms with Gasteiger partial charge in [0.2, 0.25) is 0 Å². The third-order valence-corrected chi connectivity index (χ3v) is 9.16. The van der Waals surface area contributed by atoms with Crippen LogP contribution in [-0.2, 0) is 16.2 Å². The Bertz CT molecular complexity index is 1400. The summed E-state index contributed by atoms with van der Waals surface area (Å²) in [7, 11) is 0. The Morgan fingerprint density at radius 1 is 1.24 bits per heavy atom. The van der Waals surface area contributed by atoms with Gasteiger partial charge < -0.3 is 19.6 Å². The van der Waals surface area contributed by atoms with Crippen LogP contribution in [-0.4, -0.2) is 60.9 Å². The molecule has 37 heavy (non-hydrogen) atoms. The molecule has 2 aliphatic heterocycles. The highest BCUT2D eigenvalue weighted by atomic mass is 32.2. The minimum atomic E-state index is -1.17. The van der Waals surface area contributed by atoms with E-state index < -0.39 is 29.2 Å². The van der Waals surface area contributed by atoms with Crippen molar-refractivity contribution in [3.05, 3.63) is 69.8 Å². The first-order chi connectivity index (χ1) is 17.8. The van der Waals surface area contributed by atoms with Crippen LogP contribution < -0.4 is 10.1 Å². The van der Waals surface area contributed by atoms with E-state index in [1.165, 1.54) is 45.8 Å². The average molecular weight is 559 g/mol. The molecular weight excluding hydrogens is 536 g/mol. The maximum Gasteiger partial charge on any atom is 0.352 e. The number of β-lactam (4-membered cyclic amide) rings is 1. The quantitative estimate of drug-likeness (QED) is 0.297. The molecule has 5 rings (SSSR count). The lowest BCUT2D eigenvalue weighted by Crippen LogP contribution is -2.70. The number of carbonyl (C=O) groups excluding carboxylic acids is 2. The zero-order valence-electron chi connectivity index (χ0n) is 19.8. The molecule has 0 spiro atoms. The number of carbonyl (C=O) groups is 3. The Hall–Kier alpha value is -3.29. The number of furan rings is 1. The molecule has 0 saturated carbocycles. The largest absolute Gasteiger partial charge is 0.485 e. The molecule has 3 aromatic rings. The van der Waals surface area contributed by atoms with E-state index >= 15 is 0 Å². The summed E-state index contributed by atoms with van der Waals surface area (Å²) >= 11 is 4.24. The third kappa shape index (κ3) is 5.24. The first-order valence-electron chi connectivity index (χ1n) is 11.2. The van der Waals surface area contributed by atoms with Gasteiger partial charge in [-0.15, -0.1) is 22.0 Å². The standard InChI is InChI=1S/C24H22N4O6S3/c1-12-5-3-4-6-16(12)33-9-15-7-8-17(34-15)20(29)25-18-21(30)28-19(23(31)32)14(10-35-22(18)28)11-36-24-27-26-13(2)37-24/h3-8,18,22H,9-11H2,1-2H3,(H,25,29)(H,31,32)/t18-,22+/m0/s1. The number of nitrogens with zero attached hydrogens (tertiary/aromatic N) is 3. The Morgan fingerprint density at radius 3 is 2.78 bits per heavy atom. The molecule has 2 atom stereocenters. The van der Waals surface area contributed by atoms with E-state index in [-0.39, 0.29) is 18.1 Å². The number of carboxylic acids is 1. The van der Waals surface area contributed by atoms with Crippen LogP contribution in [0.5, 0.6) is 5.75 Å². The van der Waals surface area contributed by atoms with Crippen molar-refractivity contribution in [1.29, 1.82) is 0 Å². The van der Waals surface area contributed by atoms with Crippen LogP contribution in [0.2, 0.25) is 0 Å². The summed E-state index contributed by atoms with van der Waals surface area (Å²) in [5, 5.41) is 20.9. The van der Waals surface area contributed by atoms with Gasteiger partial charge >= 0.3 is 5.97 Å². The number of aryl methyl sites for hydroxylation is 2. The zero-order valence-corrected chi connectivity index (χ0v) is 22.2. The van der Waals surface area contributed by atoms with Gasteiger partial charge in [0, 0.05) is 11.5 Å². The molecule has 1 fully saturated rings. The van der Waals surface area contributed by atoms with Gasteiger partial charge in [-0.3, -0.25) is 14.5 Å². The van der Waals surface area contributed by atoms with Gasteiger partial charge in [-0.2, -0.15) is 0 Å². The Balaban J connectivity index is 1.21. The number of thioether (sulfide) groups is 2. The fraction of sp³-hybridized carbons (Fsp3) is 0.292. The van der Waals surface area contributed by atoms with Gasteiger partial charge in [0.15, 0.2) is 10.1 Å². The molecule has 0 unspecified atom stereocenters. The van der Waals surface area contributed by atoms with Crippen LogP contribution in [0.3, 0.4) is 0 Å². The highest BCUT2D eigenvalue weighted by molar-refractivity contribution is 8.01. The van der Waals surface area contributed by atoms with Crippen molar-refractivity contribution in [2.45, 2.75) is 36.2 Å². The molecule has 0 bridgehead atoms. The number of aliphatic carboxylic acids is 1. The smallest absolute Gasteiger partial charge is 0.352 e. The first-order valence-corrected chi connectivity index (χ1v) is 14.1. The predicted molar refractivity (Wildman–Crippen MR) is 139 cm³/mol. The van der Waals surface area contributed by atoms with Crippen molar-refractivity contribution in [3.8, 4) is 5.75 Å². The Morgan fingerprint density at radius 2 is 2.05 bits per heavy atom. The van der Waals surface area contributed by atoms with Gasteiger partial charge in [-0.1, -0.05) is 41.3 Å². The molecule has 2 amide bonds. The Labute approximate surface area is 224 Å². The average Bonchev–Trinajstić information content (AvgIpc) is 3.53. The van der Waals surface area contributed by atoms with Gasteiger partial charge in [0.1, 0.15) is 40.2 Å². The van der Waals surface area contributed by atoms with Crippen molar-refractivity contribution in [1.82, 2.24) is 20.4 Å². The fourth-order valence-electron chi connectivity index (χ4n) is 3.94. The van der Waals surface area contributed by atoms with E-state index in [2.05, 4.69) is 15.5 Å². The summed E-state index contributed by atoms with van der Waals surface area (Å²) < 4.78 is 12.1. The lowest BCUT2D eigenvalue weighted by Gasteiger charge is -2.49. The number of amides is 2. The van der Waals surface area contributed by atoms with Crippen LogP contribution in [0, 0.1) is 13.8 Å². The Kier molecular flexibility index (Phi) is 7.26. The summed E-state index contributed by atoms with van der Waals surface area (Å²) in [6, 6.07) is 9.90. The second-order valence-electron chi connectivity index (χ2n) is 8.31. The van der Waals surface area contributed by atoms with Crippen LogP contribution in [0.15, 0.2) is 56.4 Å². The molecule has 2 aromatic heterocycles. The van der Waals surface area contributed by atoms with Gasteiger partial charge in [-0.25, -0.2) is 4.79 Å².